The average Bonchev–Trinajstić information content (AvgIpc) is 3.40. The lowest BCUT2D eigenvalue weighted by Crippen LogP contribution is -2.49. The predicted molar refractivity (Wildman–Crippen MR) is 174 cm³/mol. The number of ether oxygens (including phenoxy) is 5. The predicted octanol–water partition coefficient (Wildman–Crippen LogP) is 4.19. The minimum absolute atomic E-state index is 0.00211. The summed E-state index contributed by atoms with van der Waals surface area (Å²) < 4.78 is 87.1. The summed E-state index contributed by atoms with van der Waals surface area (Å²) in [5, 5.41) is 10.8. The molecule has 0 saturated heterocycles. The molecule has 0 bridgehead atoms. The third kappa shape index (κ3) is 11.4. The van der Waals surface area contributed by atoms with Gasteiger partial charge in [-0.25, -0.2) is 22.7 Å². The molecule has 19 heteroatoms. The van der Waals surface area contributed by atoms with Gasteiger partial charge in [0.05, 0.1) is 13.2 Å². The van der Waals surface area contributed by atoms with Crippen molar-refractivity contribution in [1.29, 1.82) is 5.41 Å². The van der Waals surface area contributed by atoms with Crippen LogP contribution in [0.5, 0.6) is 23.0 Å². The van der Waals surface area contributed by atoms with E-state index in [1.807, 2.05) is 0 Å². The maximum atomic E-state index is 13.4. The van der Waals surface area contributed by atoms with E-state index in [2.05, 4.69) is 10.0 Å². The van der Waals surface area contributed by atoms with Crippen molar-refractivity contribution in [3.63, 3.8) is 0 Å². The quantitative estimate of drug-likeness (QED) is 0.0919. The molecule has 2 amide bonds. The van der Waals surface area contributed by atoms with E-state index in [1.165, 1.54) is 25.1 Å². The first kappa shape index (κ1) is 39.1. The summed E-state index contributed by atoms with van der Waals surface area (Å²) in [6.07, 6.45) is -1.88. The fraction of sp³-hybridized carbons (Fsp3) is 0.500. The Morgan fingerprint density at radius 2 is 1.59 bits per heavy atom. The summed E-state index contributed by atoms with van der Waals surface area (Å²) in [6, 6.07) is 6.65. The third-order valence-corrected chi connectivity index (χ3v) is 8.75. The highest BCUT2D eigenvalue weighted by molar-refractivity contribution is 7.91. The maximum absolute atomic E-state index is 13.4. The molecule has 0 radical (unpaired) electrons. The molecule has 3 rings (SSSR count). The van der Waals surface area contributed by atoms with Crippen molar-refractivity contribution < 1.29 is 59.1 Å². The van der Waals surface area contributed by atoms with Crippen LogP contribution in [0.15, 0.2) is 40.1 Å². The zero-order chi connectivity index (χ0) is 36.8. The topological polar surface area (TPSA) is 218 Å². The van der Waals surface area contributed by atoms with Crippen LogP contribution in [0.1, 0.15) is 60.5 Å². The zero-order valence-electron chi connectivity index (χ0n) is 28.5. The number of nitrogens with one attached hydrogen (secondary N) is 3. The molecule has 1 aliphatic rings. The number of hydroxylamine groups is 2. The molecule has 0 atom stereocenters. The van der Waals surface area contributed by atoms with Crippen molar-refractivity contribution in [3.8, 4) is 23.0 Å². The summed E-state index contributed by atoms with van der Waals surface area (Å²) in [5.41, 5.74) is -1.23. The molecular weight excluding hydrogens is 688 g/mol. The number of alkyl carbamates (subject to hydrolysis) is 1. The standard InChI is InChI=1S/C30H42N4O13S2/c1-9-32-48(37,38)25-23(12-11-22-24(25)43-18-42-22)49(39,40)47-21-16-19(2)15-20(17-21)41-13-10-14-44-34(28(36)46-30(6,7)8)26(31)33-27(35)45-29(3,4)5/h11-12,15-17,32H,9-10,13-14,18H2,1-8H3,(H2,31,33,35). The van der Waals surface area contributed by atoms with E-state index < -0.39 is 59.3 Å². The molecule has 2 aromatic rings. The number of sulfonamides is 1. The molecule has 0 aliphatic carbocycles. The van der Waals surface area contributed by atoms with Crippen LogP contribution in [0, 0.1) is 12.3 Å². The molecule has 2 aromatic carbocycles. The van der Waals surface area contributed by atoms with Crippen LogP contribution in [0.3, 0.4) is 0 Å². The van der Waals surface area contributed by atoms with Gasteiger partial charge in [0, 0.05) is 19.0 Å². The van der Waals surface area contributed by atoms with E-state index in [-0.39, 0.29) is 56.0 Å². The van der Waals surface area contributed by atoms with Crippen LogP contribution < -0.4 is 28.4 Å². The van der Waals surface area contributed by atoms with Gasteiger partial charge in [-0.2, -0.15) is 8.42 Å². The molecule has 272 valence electrons. The number of carbonyl (C=O) groups is 2. The molecule has 0 spiro atoms. The van der Waals surface area contributed by atoms with Gasteiger partial charge in [0.25, 0.3) is 0 Å². The summed E-state index contributed by atoms with van der Waals surface area (Å²) in [7, 11) is -9.06. The number of guanidine groups is 1. The number of amides is 2. The molecule has 3 N–H and O–H groups in total. The van der Waals surface area contributed by atoms with E-state index in [9.17, 15) is 26.4 Å². The Morgan fingerprint density at radius 3 is 2.22 bits per heavy atom. The Labute approximate surface area is 285 Å². The SMILES string of the molecule is CCNS(=O)(=O)c1c(S(=O)(=O)Oc2cc(C)cc(OCCCON(C(=N)NC(=O)OC(C)(C)C)C(=O)OC(C)(C)C)c2)ccc2c1OCO2. The normalized spacial score (nSPS) is 13.0. The van der Waals surface area contributed by atoms with Crippen molar-refractivity contribution in [1.82, 2.24) is 15.1 Å². The van der Waals surface area contributed by atoms with Crippen molar-refractivity contribution in [2.75, 3.05) is 26.6 Å². The lowest BCUT2D eigenvalue weighted by atomic mass is 10.2. The van der Waals surface area contributed by atoms with Crippen molar-refractivity contribution in [3.05, 3.63) is 35.9 Å². The monoisotopic (exact) mass is 730 g/mol. The minimum atomic E-state index is -4.73. The number of hydrogen-bond acceptors (Lipinski definition) is 14. The number of fused-ring (bicyclic) bond motifs is 1. The number of aryl methyl sites for hydroxylation is 1. The smallest absolute Gasteiger partial charge is 0.442 e. The minimum Gasteiger partial charge on any atom is -0.493 e. The van der Waals surface area contributed by atoms with Gasteiger partial charge in [0.15, 0.2) is 16.4 Å². The van der Waals surface area contributed by atoms with Gasteiger partial charge in [0.2, 0.25) is 22.8 Å². The number of rotatable bonds is 12. The van der Waals surface area contributed by atoms with Gasteiger partial charge in [-0.05, 0) is 78.3 Å². The van der Waals surface area contributed by atoms with Crippen molar-refractivity contribution in [2.45, 2.75) is 82.8 Å². The van der Waals surface area contributed by atoms with Crippen LogP contribution in [0.2, 0.25) is 0 Å². The molecule has 49 heavy (non-hydrogen) atoms. The van der Waals surface area contributed by atoms with Crippen LogP contribution >= 0.6 is 0 Å². The largest absolute Gasteiger partial charge is 0.493 e. The summed E-state index contributed by atoms with van der Waals surface area (Å²) in [4.78, 5) is 29.0. The van der Waals surface area contributed by atoms with Crippen LogP contribution in [-0.4, -0.2) is 77.8 Å². The number of benzene rings is 2. The number of carbonyl (C=O) groups excluding carboxylic acids is 2. The Hall–Kier alpha value is -4.33. The molecule has 17 nitrogen and oxygen atoms in total. The maximum Gasteiger partial charge on any atom is 0.442 e. The Morgan fingerprint density at radius 1 is 0.939 bits per heavy atom. The van der Waals surface area contributed by atoms with Crippen LogP contribution in [0.25, 0.3) is 0 Å². The molecule has 0 saturated carbocycles. The molecule has 1 heterocycles. The van der Waals surface area contributed by atoms with Gasteiger partial charge in [-0.15, -0.1) is 5.06 Å². The summed E-state index contributed by atoms with van der Waals surface area (Å²) >= 11 is 0. The molecule has 1 aliphatic heterocycles. The second-order valence-corrected chi connectivity index (χ2v) is 15.7. The number of nitrogens with zero attached hydrogens (tertiary/aromatic N) is 1. The first-order valence-electron chi connectivity index (χ1n) is 15.0. The van der Waals surface area contributed by atoms with Crippen LogP contribution in [0.4, 0.5) is 9.59 Å². The van der Waals surface area contributed by atoms with Gasteiger partial charge in [-0.1, -0.05) is 6.92 Å². The van der Waals surface area contributed by atoms with Crippen LogP contribution in [-0.2, 0) is 34.5 Å². The van der Waals surface area contributed by atoms with Gasteiger partial charge in [-0.3, -0.25) is 15.6 Å². The Kier molecular flexibility index (Phi) is 12.4. The number of hydrogen-bond donors (Lipinski definition) is 3. The van der Waals surface area contributed by atoms with E-state index in [4.69, 9.17) is 38.1 Å². The van der Waals surface area contributed by atoms with E-state index >= 15 is 0 Å². The first-order valence-corrected chi connectivity index (χ1v) is 17.9. The fourth-order valence-corrected chi connectivity index (χ4v) is 6.92. The Balaban J connectivity index is 1.70. The highest BCUT2D eigenvalue weighted by Gasteiger charge is 2.36. The molecule has 0 aromatic heterocycles. The van der Waals surface area contributed by atoms with Gasteiger partial charge >= 0.3 is 22.3 Å². The fourth-order valence-electron chi connectivity index (χ4n) is 4.03. The average molecular weight is 731 g/mol. The van der Waals surface area contributed by atoms with E-state index in [0.29, 0.717) is 10.6 Å². The second-order valence-electron chi connectivity index (χ2n) is 12.4. The lowest BCUT2D eigenvalue weighted by molar-refractivity contribution is -0.104. The highest BCUT2D eigenvalue weighted by Crippen LogP contribution is 2.42. The van der Waals surface area contributed by atoms with Gasteiger partial charge in [0.1, 0.15) is 27.6 Å². The molecule has 0 fully saturated rings. The third-order valence-electron chi connectivity index (χ3n) is 5.72. The highest BCUT2D eigenvalue weighted by atomic mass is 32.2. The van der Waals surface area contributed by atoms with Crippen molar-refractivity contribution in [2.24, 2.45) is 0 Å². The summed E-state index contributed by atoms with van der Waals surface area (Å²) in [5.74, 6) is -0.874. The van der Waals surface area contributed by atoms with Crippen molar-refractivity contribution >= 4 is 38.3 Å². The van der Waals surface area contributed by atoms with E-state index in [1.54, 1.807) is 54.5 Å². The molecule has 0 unspecified atom stereocenters. The first-order chi connectivity index (χ1) is 22.6. The molecular formula is C30H42N4O13S2. The van der Waals surface area contributed by atoms with Gasteiger partial charge < -0.3 is 27.9 Å². The Bertz CT molecular complexity index is 1770. The second kappa shape index (κ2) is 15.5. The summed E-state index contributed by atoms with van der Waals surface area (Å²) in [6.45, 7) is 12.5. The lowest BCUT2D eigenvalue weighted by Gasteiger charge is -2.27. The zero-order valence-corrected chi connectivity index (χ0v) is 30.1. The van der Waals surface area contributed by atoms with E-state index in [0.717, 1.165) is 6.07 Å².